The van der Waals surface area contributed by atoms with Crippen molar-refractivity contribution in [1.82, 2.24) is 9.55 Å². The fraction of sp³-hybridized carbons (Fsp3) is 0.133. The number of nitrogen functional groups attached to an aromatic ring is 1. The monoisotopic (exact) mass is 237 g/mol. The maximum Gasteiger partial charge on any atom is 0.111 e. The van der Waals surface area contributed by atoms with E-state index in [4.69, 9.17) is 5.73 Å². The van der Waals surface area contributed by atoms with Gasteiger partial charge in [0.05, 0.1) is 11.0 Å². The molecule has 0 aliphatic rings. The first-order valence-corrected chi connectivity index (χ1v) is 5.97. The average molecular weight is 237 g/mol. The molecule has 1 aromatic heterocycles. The lowest BCUT2D eigenvalue weighted by molar-refractivity contribution is 1.000. The number of hydrogen-bond donors (Lipinski definition) is 1. The molecule has 90 valence electrons. The predicted molar refractivity (Wildman–Crippen MR) is 75.0 cm³/mol. The van der Waals surface area contributed by atoms with Crippen molar-refractivity contribution >= 4 is 16.7 Å². The first-order chi connectivity index (χ1) is 8.65. The lowest BCUT2D eigenvalue weighted by atomic mass is 10.2. The minimum atomic E-state index is 0.746. The van der Waals surface area contributed by atoms with Gasteiger partial charge in [0, 0.05) is 11.4 Å². The summed E-state index contributed by atoms with van der Waals surface area (Å²) in [5.74, 6) is 0.972. The molecule has 0 unspecified atom stereocenters. The van der Waals surface area contributed by atoms with E-state index < -0.39 is 0 Å². The average Bonchev–Trinajstić information content (AvgIpc) is 2.65. The zero-order valence-corrected chi connectivity index (χ0v) is 10.5. The van der Waals surface area contributed by atoms with Crippen LogP contribution < -0.4 is 5.73 Å². The first-order valence-electron chi connectivity index (χ1n) is 5.97. The Balaban J connectivity index is 2.28. The van der Waals surface area contributed by atoms with Crippen LogP contribution in [0.3, 0.4) is 0 Å². The zero-order valence-electron chi connectivity index (χ0n) is 10.5. The van der Waals surface area contributed by atoms with Gasteiger partial charge in [-0.15, -0.1) is 0 Å². The van der Waals surface area contributed by atoms with Crippen molar-refractivity contribution in [3.63, 3.8) is 0 Å². The van der Waals surface area contributed by atoms with Gasteiger partial charge in [-0.1, -0.05) is 17.7 Å². The van der Waals surface area contributed by atoms with Gasteiger partial charge in [-0.25, -0.2) is 4.98 Å². The molecule has 0 bridgehead atoms. The number of nitrogens with zero attached hydrogens (tertiary/aromatic N) is 2. The number of fused-ring (bicyclic) bond motifs is 1. The summed E-state index contributed by atoms with van der Waals surface area (Å²) in [6, 6.07) is 14.3. The molecule has 3 rings (SSSR count). The van der Waals surface area contributed by atoms with Gasteiger partial charge in [-0.05, 0) is 44.2 Å². The highest BCUT2D eigenvalue weighted by Gasteiger charge is 2.08. The third kappa shape index (κ3) is 1.64. The Morgan fingerprint density at radius 2 is 1.72 bits per heavy atom. The van der Waals surface area contributed by atoms with Crippen molar-refractivity contribution in [3.8, 4) is 5.69 Å². The van der Waals surface area contributed by atoms with Gasteiger partial charge in [-0.3, -0.25) is 4.57 Å². The molecule has 0 atom stereocenters. The van der Waals surface area contributed by atoms with E-state index in [9.17, 15) is 0 Å². The molecule has 18 heavy (non-hydrogen) atoms. The number of aromatic nitrogens is 2. The Bertz CT molecular complexity index is 708. The molecule has 0 radical (unpaired) electrons. The zero-order chi connectivity index (χ0) is 12.7. The van der Waals surface area contributed by atoms with Crippen molar-refractivity contribution in [2.24, 2.45) is 0 Å². The van der Waals surface area contributed by atoms with E-state index in [0.717, 1.165) is 28.2 Å². The van der Waals surface area contributed by atoms with Gasteiger partial charge in [0.15, 0.2) is 0 Å². The smallest absolute Gasteiger partial charge is 0.111 e. The van der Waals surface area contributed by atoms with Gasteiger partial charge in [-0.2, -0.15) is 0 Å². The minimum Gasteiger partial charge on any atom is -0.399 e. The number of nitrogens with two attached hydrogens (primary N) is 1. The third-order valence-electron chi connectivity index (χ3n) is 3.14. The number of hydrogen-bond acceptors (Lipinski definition) is 2. The summed E-state index contributed by atoms with van der Waals surface area (Å²) in [4.78, 5) is 4.56. The van der Waals surface area contributed by atoms with Crippen molar-refractivity contribution in [2.75, 3.05) is 5.73 Å². The van der Waals surface area contributed by atoms with Gasteiger partial charge in [0.25, 0.3) is 0 Å². The molecule has 0 aliphatic carbocycles. The molecule has 0 aliphatic heterocycles. The van der Waals surface area contributed by atoms with Crippen molar-refractivity contribution in [2.45, 2.75) is 13.8 Å². The summed E-state index contributed by atoms with van der Waals surface area (Å²) in [6.07, 6.45) is 0. The highest BCUT2D eigenvalue weighted by atomic mass is 15.1. The molecule has 2 aromatic carbocycles. The molecule has 0 spiro atoms. The molecule has 0 saturated heterocycles. The lowest BCUT2D eigenvalue weighted by Crippen LogP contribution is -1.96. The molecule has 0 amide bonds. The fourth-order valence-corrected chi connectivity index (χ4v) is 2.24. The van der Waals surface area contributed by atoms with Gasteiger partial charge in [0.2, 0.25) is 0 Å². The van der Waals surface area contributed by atoms with Gasteiger partial charge < -0.3 is 5.73 Å². The van der Waals surface area contributed by atoms with E-state index in [1.165, 1.54) is 5.56 Å². The quantitative estimate of drug-likeness (QED) is 0.660. The van der Waals surface area contributed by atoms with Gasteiger partial charge >= 0.3 is 0 Å². The highest BCUT2D eigenvalue weighted by Crippen LogP contribution is 2.23. The van der Waals surface area contributed by atoms with E-state index in [1.54, 1.807) is 0 Å². The molecule has 3 aromatic rings. The largest absolute Gasteiger partial charge is 0.399 e. The summed E-state index contributed by atoms with van der Waals surface area (Å²) in [6.45, 7) is 4.10. The summed E-state index contributed by atoms with van der Waals surface area (Å²) >= 11 is 0. The summed E-state index contributed by atoms with van der Waals surface area (Å²) in [7, 11) is 0. The standard InChI is InChI=1S/C15H15N3/c1-10-3-6-13(7-4-10)18-11(2)17-14-9-12(16)5-8-15(14)18/h3-9H,16H2,1-2H3. The normalized spacial score (nSPS) is 11.0. The maximum absolute atomic E-state index is 5.79. The maximum atomic E-state index is 5.79. The topological polar surface area (TPSA) is 43.8 Å². The SMILES string of the molecule is Cc1ccc(-n2c(C)nc3cc(N)ccc32)cc1. The second-order valence-corrected chi connectivity index (χ2v) is 4.58. The molecule has 3 nitrogen and oxygen atoms in total. The summed E-state index contributed by atoms with van der Waals surface area (Å²) in [5, 5.41) is 0. The van der Waals surface area contributed by atoms with Crippen molar-refractivity contribution in [3.05, 3.63) is 53.9 Å². The molecule has 2 N–H and O–H groups in total. The molecular formula is C15H15N3. The molecule has 0 fully saturated rings. The van der Waals surface area contributed by atoms with E-state index >= 15 is 0 Å². The van der Waals surface area contributed by atoms with Crippen LogP contribution in [0.15, 0.2) is 42.5 Å². The number of anilines is 1. The summed E-state index contributed by atoms with van der Waals surface area (Å²) in [5.41, 5.74) is 11.0. The van der Waals surface area contributed by atoms with Crippen LogP contribution in [0.4, 0.5) is 5.69 Å². The van der Waals surface area contributed by atoms with E-state index in [2.05, 4.69) is 40.7 Å². The first kappa shape index (κ1) is 10.8. The predicted octanol–water partition coefficient (Wildman–Crippen LogP) is 3.22. The molecular weight excluding hydrogens is 222 g/mol. The van der Waals surface area contributed by atoms with E-state index in [1.807, 2.05) is 25.1 Å². The fourth-order valence-electron chi connectivity index (χ4n) is 2.24. The van der Waals surface area contributed by atoms with E-state index in [0.29, 0.717) is 0 Å². The second kappa shape index (κ2) is 3.88. The Morgan fingerprint density at radius 3 is 2.44 bits per heavy atom. The number of benzene rings is 2. The highest BCUT2D eigenvalue weighted by molar-refractivity contribution is 5.81. The van der Waals surface area contributed by atoms with E-state index in [-0.39, 0.29) is 0 Å². The van der Waals surface area contributed by atoms with Crippen LogP contribution in [0, 0.1) is 13.8 Å². The van der Waals surface area contributed by atoms with Crippen LogP contribution in [0.5, 0.6) is 0 Å². The third-order valence-corrected chi connectivity index (χ3v) is 3.14. The van der Waals surface area contributed by atoms with Crippen LogP contribution in [-0.4, -0.2) is 9.55 Å². The second-order valence-electron chi connectivity index (χ2n) is 4.58. The van der Waals surface area contributed by atoms with Crippen LogP contribution >= 0.6 is 0 Å². The Hall–Kier alpha value is -2.29. The number of aryl methyl sites for hydroxylation is 2. The summed E-state index contributed by atoms with van der Waals surface area (Å²) < 4.78 is 2.15. The van der Waals surface area contributed by atoms with Gasteiger partial charge in [0.1, 0.15) is 5.82 Å². The van der Waals surface area contributed by atoms with Crippen LogP contribution in [0.2, 0.25) is 0 Å². The Kier molecular flexibility index (Phi) is 2.33. The van der Waals surface area contributed by atoms with Crippen LogP contribution in [-0.2, 0) is 0 Å². The lowest BCUT2D eigenvalue weighted by Gasteiger charge is -2.07. The van der Waals surface area contributed by atoms with Crippen LogP contribution in [0.25, 0.3) is 16.7 Å². The van der Waals surface area contributed by atoms with Crippen molar-refractivity contribution in [1.29, 1.82) is 0 Å². The van der Waals surface area contributed by atoms with Crippen molar-refractivity contribution < 1.29 is 0 Å². The molecule has 1 heterocycles. The Morgan fingerprint density at radius 1 is 1.00 bits per heavy atom. The number of rotatable bonds is 1. The minimum absolute atomic E-state index is 0.746. The van der Waals surface area contributed by atoms with Crippen LogP contribution in [0.1, 0.15) is 11.4 Å². The molecule has 3 heteroatoms. The Labute approximate surface area is 106 Å². The molecule has 0 saturated carbocycles. The number of imidazole rings is 1.